The largest absolute Gasteiger partial charge is 0.465 e. The van der Waals surface area contributed by atoms with Crippen molar-refractivity contribution < 1.29 is 14.3 Å². The number of anilines is 4. The topological polar surface area (TPSA) is 88.6 Å². The number of nitrogens with zero attached hydrogens (tertiary/aromatic N) is 3. The van der Waals surface area contributed by atoms with Crippen LogP contribution < -0.4 is 10.6 Å². The smallest absolute Gasteiger partial charge is 0.339 e. The van der Waals surface area contributed by atoms with Gasteiger partial charge in [0.25, 0.3) is 0 Å². The molecule has 1 aliphatic rings. The Kier molecular flexibility index (Phi) is 7.16. The summed E-state index contributed by atoms with van der Waals surface area (Å²) in [5, 5.41) is 6.62. The molecule has 1 fully saturated rings. The van der Waals surface area contributed by atoms with Crippen molar-refractivity contribution in [2.24, 2.45) is 0 Å². The van der Waals surface area contributed by atoms with Gasteiger partial charge in [-0.2, -0.15) is 4.98 Å². The molecule has 0 bridgehead atoms. The van der Waals surface area contributed by atoms with Gasteiger partial charge in [-0.3, -0.25) is 4.90 Å². The van der Waals surface area contributed by atoms with E-state index in [1.165, 1.54) is 18.9 Å². The lowest BCUT2D eigenvalue weighted by Gasteiger charge is -2.26. The van der Waals surface area contributed by atoms with Gasteiger partial charge in [0, 0.05) is 25.3 Å². The van der Waals surface area contributed by atoms with Crippen molar-refractivity contribution in [3.63, 3.8) is 0 Å². The van der Waals surface area contributed by atoms with E-state index in [1.807, 2.05) is 18.2 Å². The van der Waals surface area contributed by atoms with Crippen LogP contribution in [0.25, 0.3) is 0 Å². The van der Waals surface area contributed by atoms with Gasteiger partial charge in [0.15, 0.2) is 5.82 Å². The van der Waals surface area contributed by atoms with E-state index in [0.717, 1.165) is 38.5 Å². The number of para-hydroxylation sites is 1. The summed E-state index contributed by atoms with van der Waals surface area (Å²) in [6.45, 7) is 4.37. The van der Waals surface area contributed by atoms with E-state index >= 15 is 0 Å². The SMILES string of the molecule is COC(=O)c1ccccc1Nc1nc(Nc2ccc(CN3CCOCC3)cc2)ncc1Cl. The van der Waals surface area contributed by atoms with Crippen molar-refractivity contribution in [1.29, 1.82) is 0 Å². The minimum Gasteiger partial charge on any atom is -0.465 e. The summed E-state index contributed by atoms with van der Waals surface area (Å²) in [4.78, 5) is 23.1. The van der Waals surface area contributed by atoms with Crippen molar-refractivity contribution in [3.8, 4) is 0 Å². The van der Waals surface area contributed by atoms with E-state index < -0.39 is 5.97 Å². The van der Waals surface area contributed by atoms with Crippen LogP contribution in [-0.4, -0.2) is 54.3 Å². The fraction of sp³-hybridized carbons (Fsp3) is 0.261. The summed E-state index contributed by atoms with van der Waals surface area (Å²) < 4.78 is 10.2. The average molecular weight is 454 g/mol. The summed E-state index contributed by atoms with van der Waals surface area (Å²) >= 11 is 6.28. The summed E-state index contributed by atoms with van der Waals surface area (Å²) in [5.74, 6) is 0.312. The molecular formula is C23H24ClN5O3. The number of ether oxygens (including phenoxy) is 2. The van der Waals surface area contributed by atoms with Crippen molar-refractivity contribution in [2.45, 2.75) is 6.54 Å². The molecule has 2 N–H and O–H groups in total. The maximum atomic E-state index is 12.0. The predicted octanol–water partition coefficient (Wildman–Crippen LogP) is 4.24. The molecule has 0 atom stereocenters. The molecule has 0 aliphatic carbocycles. The summed E-state index contributed by atoms with van der Waals surface area (Å²) in [7, 11) is 1.34. The molecule has 3 aromatic rings. The number of carbonyl (C=O) groups is 1. The van der Waals surface area contributed by atoms with Crippen LogP contribution >= 0.6 is 11.6 Å². The summed E-state index contributed by atoms with van der Waals surface area (Å²) in [5.41, 5.74) is 3.02. The molecule has 1 aliphatic heterocycles. The number of halogens is 1. The summed E-state index contributed by atoms with van der Waals surface area (Å²) in [6, 6.07) is 15.1. The quantitative estimate of drug-likeness (QED) is 0.513. The van der Waals surface area contributed by atoms with Crippen LogP contribution in [0.3, 0.4) is 0 Å². The van der Waals surface area contributed by atoms with Crippen LogP contribution in [0.4, 0.5) is 23.1 Å². The molecule has 0 spiro atoms. The second kappa shape index (κ2) is 10.4. The third-order valence-corrected chi connectivity index (χ3v) is 5.33. The lowest BCUT2D eigenvalue weighted by molar-refractivity contribution is 0.0342. The highest BCUT2D eigenvalue weighted by Crippen LogP contribution is 2.27. The zero-order chi connectivity index (χ0) is 22.3. The van der Waals surface area contributed by atoms with Gasteiger partial charge in [0.05, 0.1) is 37.8 Å². The van der Waals surface area contributed by atoms with Gasteiger partial charge in [-0.25, -0.2) is 9.78 Å². The lowest BCUT2D eigenvalue weighted by Crippen LogP contribution is -2.35. The van der Waals surface area contributed by atoms with E-state index in [-0.39, 0.29) is 0 Å². The van der Waals surface area contributed by atoms with Gasteiger partial charge in [0.2, 0.25) is 5.95 Å². The Morgan fingerprint density at radius 3 is 2.62 bits per heavy atom. The molecule has 1 aromatic heterocycles. The first-order valence-corrected chi connectivity index (χ1v) is 10.6. The molecule has 0 radical (unpaired) electrons. The van der Waals surface area contributed by atoms with Crippen LogP contribution in [0.1, 0.15) is 15.9 Å². The van der Waals surface area contributed by atoms with Gasteiger partial charge in [0.1, 0.15) is 5.02 Å². The van der Waals surface area contributed by atoms with Crippen LogP contribution in [0.2, 0.25) is 5.02 Å². The first-order valence-electron chi connectivity index (χ1n) is 10.3. The zero-order valence-corrected chi connectivity index (χ0v) is 18.4. The first kappa shape index (κ1) is 22.0. The van der Waals surface area contributed by atoms with Crippen LogP contribution in [0, 0.1) is 0 Å². The average Bonchev–Trinajstić information content (AvgIpc) is 2.83. The molecule has 4 rings (SSSR count). The van der Waals surface area contributed by atoms with Gasteiger partial charge in [-0.15, -0.1) is 0 Å². The maximum Gasteiger partial charge on any atom is 0.339 e. The number of esters is 1. The van der Waals surface area contributed by atoms with Crippen LogP contribution in [0.15, 0.2) is 54.7 Å². The number of morpholine rings is 1. The Hall–Kier alpha value is -3.20. The Balaban J connectivity index is 1.46. The molecular weight excluding hydrogens is 430 g/mol. The van der Waals surface area contributed by atoms with Crippen LogP contribution in [-0.2, 0) is 16.0 Å². The second-order valence-electron chi connectivity index (χ2n) is 7.26. The molecule has 32 heavy (non-hydrogen) atoms. The highest BCUT2D eigenvalue weighted by molar-refractivity contribution is 6.33. The fourth-order valence-electron chi connectivity index (χ4n) is 3.36. The van der Waals surface area contributed by atoms with Gasteiger partial charge in [-0.1, -0.05) is 35.9 Å². The number of benzene rings is 2. The standard InChI is InChI=1S/C23H24ClN5O3/c1-31-22(30)18-4-2-3-5-20(18)27-21-19(24)14-25-23(28-21)26-17-8-6-16(7-9-17)15-29-10-12-32-13-11-29/h2-9,14H,10-13,15H2,1H3,(H2,25,26,27,28). The van der Waals surface area contributed by atoms with E-state index in [9.17, 15) is 4.79 Å². The highest BCUT2D eigenvalue weighted by atomic mass is 35.5. The molecule has 0 unspecified atom stereocenters. The highest BCUT2D eigenvalue weighted by Gasteiger charge is 2.14. The normalized spacial score (nSPS) is 14.1. The van der Waals surface area contributed by atoms with Crippen molar-refractivity contribution in [2.75, 3.05) is 44.0 Å². The molecule has 166 valence electrons. The van der Waals surface area contributed by atoms with E-state index in [1.54, 1.807) is 18.2 Å². The minimum atomic E-state index is -0.450. The Labute approximate surface area is 191 Å². The number of carbonyl (C=O) groups excluding carboxylic acids is 1. The predicted molar refractivity (Wildman–Crippen MR) is 124 cm³/mol. The lowest BCUT2D eigenvalue weighted by atomic mass is 10.2. The van der Waals surface area contributed by atoms with E-state index in [0.29, 0.717) is 28.0 Å². The number of methoxy groups -OCH3 is 1. The number of hydrogen-bond acceptors (Lipinski definition) is 8. The second-order valence-corrected chi connectivity index (χ2v) is 7.67. The molecule has 2 aromatic carbocycles. The minimum absolute atomic E-state index is 0.330. The Bertz CT molecular complexity index is 1070. The monoisotopic (exact) mass is 453 g/mol. The number of rotatable bonds is 7. The van der Waals surface area contributed by atoms with Gasteiger partial charge < -0.3 is 20.1 Å². The molecule has 0 saturated carbocycles. The fourth-order valence-corrected chi connectivity index (χ4v) is 3.50. The number of aromatic nitrogens is 2. The number of hydrogen-bond donors (Lipinski definition) is 2. The summed E-state index contributed by atoms with van der Waals surface area (Å²) in [6.07, 6.45) is 1.51. The third kappa shape index (κ3) is 5.53. The number of nitrogens with one attached hydrogen (secondary N) is 2. The molecule has 9 heteroatoms. The molecule has 1 saturated heterocycles. The van der Waals surface area contributed by atoms with E-state index in [2.05, 4.69) is 37.6 Å². The van der Waals surface area contributed by atoms with Crippen molar-refractivity contribution in [1.82, 2.24) is 14.9 Å². The third-order valence-electron chi connectivity index (χ3n) is 5.05. The van der Waals surface area contributed by atoms with E-state index in [4.69, 9.17) is 21.1 Å². The van der Waals surface area contributed by atoms with Crippen LogP contribution in [0.5, 0.6) is 0 Å². The Morgan fingerprint density at radius 2 is 1.88 bits per heavy atom. The first-order chi connectivity index (χ1) is 15.6. The molecule has 0 amide bonds. The zero-order valence-electron chi connectivity index (χ0n) is 17.7. The van der Waals surface area contributed by atoms with Gasteiger partial charge >= 0.3 is 5.97 Å². The van der Waals surface area contributed by atoms with Gasteiger partial charge in [-0.05, 0) is 29.8 Å². The Morgan fingerprint density at radius 1 is 1.12 bits per heavy atom. The molecule has 8 nitrogen and oxygen atoms in total. The molecule has 2 heterocycles. The van der Waals surface area contributed by atoms with Crippen molar-refractivity contribution in [3.05, 3.63) is 70.9 Å². The maximum absolute atomic E-state index is 12.0. The van der Waals surface area contributed by atoms with Crippen molar-refractivity contribution >= 4 is 40.7 Å².